The first kappa shape index (κ1) is 12.8. The number of hydrogen-bond acceptors (Lipinski definition) is 2. The Morgan fingerprint density at radius 1 is 1.06 bits per heavy atom. The molecular formula is C14H15NO2S. The summed E-state index contributed by atoms with van der Waals surface area (Å²) in [4.78, 5) is 0.166. The molecule has 0 spiro atoms. The highest BCUT2D eigenvalue weighted by Gasteiger charge is 2.10. The lowest BCUT2D eigenvalue weighted by Gasteiger charge is -2.08. The Morgan fingerprint density at radius 2 is 1.72 bits per heavy atom. The van der Waals surface area contributed by atoms with Crippen LogP contribution in [0.1, 0.15) is 16.7 Å². The van der Waals surface area contributed by atoms with Crippen LogP contribution < -0.4 is 5.14 Å². The highest BCUT2D eigenvalue weighted by atomic mass is 32.2. The zero-order valence-electron chi connectivity index (χ0n) is 10.1. The summed E-state index contributed by atoms with van der Waals surface area (Å²) >= 11 is 0. The topological polar surface area (TPSA) is 60.2 Å². The maximum atomic E-state index is 11.3. The third-order valence-electron chi connectivity index (χ3n) is 2.89. The highest BCUT2D eigenvalue weighted by molar-refractivity contribution is 7.89. The monoisotopic (exact) mass is 261 g/mol. The molecule has 2 aromatic carbocycles. The lowest BCUT2D eigenvalue weighted by Crippen LogP contribution is -2.12. The predicted octanol–water partition coefficient (Wildman–Crippen LogP) is 2.23. The van der Waals surface area contributed by atoms with Gasteiger partial charge in [-0.2, -0.15) is 0 Å². The zero-order chi connectivity index (χ0) is 13.2. The maximum Gasteiger partial charge on any atom is 0.238 e. The molecule has 18 heavy (non-hydrogen) atoms. The van der Waals surface area contributed by atoms with Crippen LogP contribution in [0.3, 0.4) is 0 Å². The van der Waals surface area contributed by atoms with Gasteiger partial charge in [-0.05, 0) is 42.2 Å². The molecule has 0 saturated heterocycles. The van der Waals surface area contributed by atoms with E-state index < -0.39 is 10.0 Å². The van der Waals surface area contributed by atoms with E-state index >= 15 is 0 Å². The van der Waals surface area contributed by atoms with Crippen molar-refractivity contribution in [2.24, 2.45) is 5.14 Å². The molecule has 0 aliphatic carbocycles. The predicted molar refractivity (Wildman–Crippen MR) is 71.8 cm³/mol. The largest absolute Gasteiger partial charge is 0.238 e. The van der Waals surface area contributed by atoms with E-state index in [0.29, 0.717) is 6.42 Å². The Balaban J connectivity index is 2.39. The summed E-state index contributed by atoms with van der Waals surface area (Å²) in [5, 5.41) is 5.14. The standard InChI is InChI=1S/C14H15NO2S/c1-11-7-8-14(18(15,16)17)10-13(11)9-12-5-3-2-4-6-12/h2-8,10H,9H2,1H3,(H2,15,16,17). The van der Waals surface area contributed by atoms with Crippen molar-refractivity contribution in [3.8, 4) is 0 Å². The van der Waals surface area contributed by atoms with Gasteiger partial charge in [0.1, 0.15) is 0 Å². The number of sulfonamides is 1. The zero-order valence-corrected chi connectivity index (χ0v) is 10.9. The van der Waals surface area contributed by atoms with Gasteiger partial charge in [0.25, 0.3) is 0 Å². The summed E-state index contributed by atoms with van der Waals surface area (Å²) in [5.41, 5.74) is 3.19. The van der Waals surface area contributed by atoms with Crippen LogP contribution in [0.5, 0.6) is 0 Å². The number of primary sulfonamides is 1. The fourth-order valence-electron chi connectivity index (χ4n) is 1.83. The van der Waals surface area contributed by atoms with Gasteiger partial charge in [-0.15, -0.1) is 0 Å². The average molecular weight is 261 g/mol. The van der Waals surface area contributed by atoms with E-state index in [9.17, 15) is 8.42 Å². The van der Waals surface area contributed by atoms with Crippen LogP contribution in [0.4, 0.5) is 0 Å². The van der Waals surface area contributed by atoms with Gasteiger partial charge in [0.15, 0.2) is 0 Å². The van der Waals surface area contributed by atoms with Crippen molar-refractivity contribution in [3.63, 3.8) is 0 Å². The van der Waals surface area contributed by atoms with Gasteiger partial charge in [-0.25, -0.2) is 13.6 Å². The smallest absolute Gasteiger partial charge is 0.225 e. The fourth-order valence-corrected chi connectivity index (χ4v) is 2.40. The molecule has 0 aliphatic heterocycles. The number of hydrogen-bond donors (Lipinski definition) is 1. The van der Waals surface area contributed by atoms with E-state index in [1.807, 2.05) is 37.3 Å². The van der Waals surface area contributed by atoms with Gasteiger partial charge < -0.3 is 0 Å². The summed E-state index contributed by atoms with van der Waals surface area (Å²) in [5.74, 6) is 0. The quantitative estimate of drug-likeness (QED) is 0.921. The molecular weight excluding hydrogens is 246 g/mol. The van der Waals surface area contributed by atoms with E-state index in [0.717, 1.165) is 16.7 Å². The molecule has 0 saturated carbocycles. The maximum absolute atomic E-state index is 11.3. The third kappa shape index (κ3) is 2.97. The fraction of sp³-hybridized carbons (Fsp3) is 0.143. The molecule has 0 radical (unpaired) electrons. The molecule has 0 unspecified atom stereocenters. The summed E-state index contributed by atoms with van der Waals surface area (Å²) in [6.45, 7) is 1.96. The first-order valence-corrected chi connectivity index (χ1v) is 7.18. The number of aryl methyl sites for hydroxylation is 1. The van der Waals surface area contributed by atoms with Gasteiger partial charge in [-0.3, -0.25) is 0 Å². The van der Waals surface area contributed by atoms with Gasteiger partial charge in [0, 0.05) is 0 Å². The molecule has 0 bridgehead atoms. The number of rotatable bonds is 3. The van der Waals surface area contributed by atoms with Gasteiger partial charge in [0.05, 0.1) is 4.90 Å². The molecule has 2 N–H and O–H groups in total. The van der Waals surface area contributed by atoms with Crippen molar-refractivity contribution in [2.75, 3.05) is 0 Å². The minimum absolute atomic E-state index is 0.166. The van der Waals surface area contributed by atoms with Crippen LogP contribution in [0.2, 0.25) is 0 Å². The Kier molecular flexibility index (Phi) is 3.50. The molecule has 94 valence electrons. The van der Waals surface area contributed by atoms with E-state index in [-0.39, 0.29) is 4.90 Å². The minimum atomic E-state index is -3.63. The Bertz CT molecular complexity index is 649. The molecule has 0 amide bonds. The van der Waals surface area contributed by atoms with Crippen molar-refractivity contribution in [1.82, 2.24) is 0 Å². The average Bonchev–Trinajstić information content (AvgIpc) is 2.32. The first-order chi connectivity index (χ1) is 8.47. The van der Waals surface area contributed by atoms with Crippen molar-refractivity contribution in [2.45, 2.75) is 18.2 Å². The molecule has 2 aromatic rings. The number of nitrogens with two attached hydrogens (primary N) is 1. The third-order valence-corrected chi connectivity index (χ3v) is 3.80. The van der Waals surface area contributed by atoms with E-state index in [2.05, 4.69) is 0 Å². The molecule has 0 aliphatic rings. The van der Waals surface area contributed by atoms with Crippen LogP contribution in [0.15, 0.2) is 53.4 Å². The van der Waals surface area contributed by atoms with Crippen LogP contribution in [0.25, 0.3) is 0 Å². The van der Waals surface area contributed by atoms with Crippen molar-refractivity contribution in [3.05, 3.63) is 65.2 Å². The van der Waals surface area contributed by atoms with Crippen LogP contribution in [-0.2, 0) is 16.4 Å². The molecule has 2 rings (SSSR count). The Morgan fingerprint density at radius 3 is 2.33 bits per heavy atom. The van der Waals surface area contributed by atoms with Crippen molar-refractivity contribution >= 4 is 10.0 Å². The first-order valence-electron chi connectivity index (χ1n) is 5.63. The molecule has 3 nitrogen and oxygen atoms in total. The van der Waals surface area contributed by atoms with E-state index in [4.69, 9.17) is 5.14 Å². The van der Waals surface area contributed by atoms with Crippen molar-refractivity contribution < 1.29 is 8.42 Å². The van der Waals surface area contributed by atoms with Gasteiger partial charge >= 0.3 is 0 Å². The van der Waals surface area contributed by atoms with Gasteiger partial charge in [-0.1, -0.05) is 36.4 Å². The lowest BCUT2D eigenvalue weighted by molar-refractivity contribution is 0.597. The van der Waals surface area contributed by atoms with Crippen LogP contribution in [0, 0.1) is 6.92 Å². The van der Waals surface area contributed by atoms with E-state index in [1.54, 1.807) is 18.2 Å². The molecule has 0 heterocycles. The molecule has 4 heteroatoms. The second kappa shape index (κ2) is 4.92. The second-order valence-corrected chi connectivity index (χ2v) is 5.86. The van der Waals surface area contributed by atoms with Crippen LogP contribution >= 0.6 is 0 Å². The summed E-state index contributed by atoms with van der Waals surface area (Å²) in [7, 11) is -3.63. The summed E-state index contributed by atoms with van der Waals surface area (Å²) in [6.07, 6.45) is 0.704. The van der Waals surface area contributed by atoms with Crippen LogP contribution in [-0.4, -0.2) is 8.42 Å². The summed E-state index contributed by atoms with van der Waals surface area (Å²) in [6, 6.07) is 14.9. The minimum Gasteiger partial charge on any atom is -0.225 e. The van der Waals surface area contributed by atoms with Crippen molar-refractivity contribution in [1.29, 1.82) is 0 Å². The Hall–Kier alpha value is -1.65. The highest BCUT2D eigenvalue weighted by Crippen LogP contribution is 2.18. The number of benzene rings is 2. The molecule has 0 aromatic heterocycles. The molecule has 0 atom stereocenters. The SMILES string of the molecule is Cc1ccc(S(N)(=O)=O)cc1Cc1ccccc1. The second-order valence-electron chi connectivity index (χ2n) is 4.30. The lowest BCUT2D eigenvalue weighted by atomic mass is 10.0. The normalized spacial score (nSPS) is 11.4. The van der Waals surface area contributed by atoms with Gasteiger partial charge in [0.2, 0.25) is 10.0 Å². The summed E-state index contributed by atoms with van der Waals surface area (Å²) < 4.78 is 22.7. The van der Waals surface area contributed by atoms with E-state index in [1.165, 1.54) is 0 Å². The molecule has 0 fully saturated rings. The Labute approximate surface area is 107 Å².